The molecule has 0 spiro atoms. The third-order valence-corrected chi connectivity index (χ3v) is 7.33. The van der Waals surface area contributed by atoms with Crippen molar-refractivity contribution in [1.82, 2.24) is 5.32 Å². The molecular formula is C29H30FNO3. The summed E-state index contributed by atoms with van der Waals surface area (Å²) < 4.78 is 20.2. The number of hydrogen-bond acceptors (Lipinski definition) is 4. The molecule has 0 unspecified atom stereocenters. The van der Waals surface area contributed by atoms with Crippen molar-refractivity contribution >= 4 is 11.8 Å². The number of rotatable bonds is 4. The molecule has 0 bridgehead atoms. The van der Waals surface area contributed by atoms with Crippen LogP contribution in [0.4, 0.5) is 4.39 Å². The molecule has 5 rings (SSSR count). The highest BCUT2D eigenvalue weighted by molar-refractivity contribution is 6.04. The van der Waals surface area contributed by atoms with E-state index in [0.29, 0.717) is 35.2 Å². The fourth-order valence-electron chi connectivity index (χ4n) is 5.69. The van der Waals surface area contributed by atoms with Crippen LogP contribution in [0.5, 0.6) is 0 Å². The van der Waals surface area contributed by atoms with E-state index in [1.807, 2.05) is 37.3 Å². The number of halogens is 1. The zero-order chi connectivity index (χ0) is 23.7. The SMILES string of the molecule is CC1=C(C(=O)OC2CCCCC2)[C@H](c2cccc(F)c2)C2=C(C[C@@H](c3ccccc3)CC2=O)N1. The van der Waals surface area contributed by atoms with Crippen molar-refractivity contribution in [2.45, 2.75) is 69.8 Å². The Hall–Kier alpha value is -3.21. The van der Waals surface area contributed by atoms with E-state index in [0.717, 1.165) is 43.4 Å². The van der Waals surface area contributed by atoms with Gasteiger partial charge in [0, 0.05) is 29.3 Å². The average Bonchev–Trinajstić information content (AvgIpc) is 2.84. The molecule has 5 heteroatoms. The summed E-state index contributed by atoms with van der Waals surface area (Å²) in [7, 11) is 0. The van der Waals surface area contributed by atoms with Gasteiger partial charge in [0.2, 0.25) is 0 Å². The Labute approximate surface area is 199 Å². The predicted molar refractivity (Wildman–Crippen MR) is 128 cm³/mol. The Morgan fingerprint density at radius 3 is 2.44 bits per heavy atom. The fourth-order valence-corrected chi connectivity index (χ4v) is 5.69. The minimum Gasteiger partial charge on any atom is -0.459 e. The molecule has 1 saturated carbocycles. The summed E-state index contributed by atoms with van der Waals surface area (Å²) in [6.07, 6.45) is 5.92. The highest BCUT2D eigenvalue weighted by atomic mass is 19.1. The molecule has 2 aliphatic carbocycles. The lowest BCUT2D eigenvalue weighted by atomic mass is 9.71. The third kappa shape index (κ3) is 4.44. The maximum absolute atomic E-state index is 14.3. The summed E-state index contributed by atoms with van der Waals surface area (Å²) in [6.45, 7) is 1.85. The second kappa shape index (κ2) is 9.57. The Kier molecular flexibility index (Phi) is 6.36. The largest absolute Gasteiger partial charge is 0.459 e. The molecule has 2 atom stereocenters. The first-order valence-corrected chi connectivity index (χ1v) is 12.3. The van der Waals surface area contributed by atoms with Crippen molar-refractivity contribution in [3.63, 3.8) is 0 Å². The van der Waals surface area contributed by atoms with Gasteiger partial charge in [0.25, 0.3) is 0 Å². The lowest BCUT2D eigenvalue weighted by molar-refractivity contribution is -0.146. The lowest BCUT2D eigenvalue weighted by Gasteiger charge is -2.37. The van der Waals surface area contributed by atoms with Crippen LogP contribution in [-0.2, 0) is 14.3 Å². The van der Waals surface area contributed by atoms with Crippen LogP contribution >= 0.6 is 0 Å². The van der Waals surface area contributed by atoms with Gasteiger partial charge < -0.3 is 10.1 Å². The highest BCUT2D eigenvalue weighted by Gasteiger charge is 2.42. The van der Waals surface area contributed by atoms with Crippen LogP contribution in [0.3, 0.4) is 0 Å². The maximum Gasteiger partial charge on any atom is 0.337 e. The first kappa shape index (κ1) is 22.6. The van der Waals surface area contributed by atoms with E-state index in [1.165, 1.54) is 12.1 Å². The van der Waals surface area contributed by atoms with Crippen molar-refractivity contribution in [3.05, 3.63) is 94.1 Å². The summed E-state index contributed by atoms with van der Waals surface area (Å²) in [5.41, 5.74) is 4.22. The molecular weight excluding hydrogens is 429 g/mol. The van der Waals surface area contributed by atoms with Crippen LogP contribution in [0.25, 0.3) is 0 Å². The molecule has 0 radical (unpaired) electrons. The van der Waals surface area contributed by atoms with Gasteiger partial charge in [0.05, 0.1) is 5.57 Å². The van der Waals surface area contributed by atoms with E-state index in [-0.39, 0.29) is 23.6 Å². The van der Waals surface area contributed by atoms with E-state index in [4.69, 9.17) is 4.74 Å². The number of ether oxygens (including phenoxy) is 1. The quantitative estimate of drug-likeness (QED) is 0.565. The van der Waals surface area contributed by atoms with Gasteiger partial charge in [-0.05, 0) is 68.2 Å². The molecule has 4 nitrogen and oxygen atoms in total. The van der Waals surface area contributed by atoms with E-state index in [2.05, 4.69) is 5.32 Å². The molecule has 2 aromatic rings. The Morgan fingerprint density at radius 1 is 0.971 bits per heavy atom. The van der Waals surface area contributed by atoms with Crippen LogP contribution in [-0.4, -0.2) is 17.9 Å². The zero-order valence-corrected chi connectivity index (χ0v) is 19.5. The van der Waals surface area contributed by atoms with Crippen molar-refractivity contribution in [1.29, 1.82) is 0 Å². The third-order valence-electron chi connectivity index (χ3n) is 7.33. The van der Waals surface area contributed by atoms with E-state index < -0.39 is 11.9 Å². The molecule has 34 heavy (non-hydrogen) atoms. The van der Waals surface area contributed by atoms with E-state index >= 15 is 0 Å². The molecule has 2 aromatic carbocycles. The normalized spacial score (nSPS) is 23.4. The lowest BCUT2D eigenvalue weighted by Crippen LogP contribution is -2.37. The van der Waals surface area contributed by atoms with Gasteiger partial charge in [-0.3, -0.25) is 4.79 Å². The first-order chi connectivity index (χ1) is 16.5. The second-order valence-corrected chi connectivity index (χ2v) is 9.65. The minimum atomic E-state index is -0.632. The topological polar surface area (TPSA) is 55.4 Å². The van der Waals surface area contributed by atoms with Crippen LogP contribution in [0.1, 0.15) is 74.8 Å². The van der Waals surface area contributed by atoms with Crippen LogP contribution in [0.2, 0.25) is 0 Å². The van der Waals surface area contributed by atoms with Crippen LogP contribution in [0, 0.1) is 5.82 Å². The summed E-state index contributed by atoms with van der Waals surface area (Å²) in [5, 5.41) is 3.37. The average molecular weight is 460 g/mol. The smallest absolute Gasteiger partial charge is 0.337 e. The number of nitrogens with one attached hydrogen (secondary N) is 1. The number of dihydropyridines is 1. The number of carbonyl (C=O) groups is 2. The Morgan fingerprint density at radius 2 is 1.71 bits per heavy atom. The fraction of sp³-hybridized carbons (Fsp3) is 0.379. The zero-order valence-electron chi connectivity index (χ0n) is 19.5. The minimum absolute atomic E-state index is 0.00710. The standard InChI is InChI=1S/C29H30FNO3/c1-18-26(29(33)34-23-13-6-3-7-14-23)27(20-11-8-12-22(30)15-20)28-24(31-18)16-21(17-25(28)32)19-9-4-2-5-10-19/h2,4-5,8-12,15,21,23,27,31H,3,6-7,13-14,16-17H2,1H3/t21-,27+/m1/s1. The van der Waals surface area contributed by atoms with Crippen LogP contribution < -0.4 is 5.32 Å². The molecule has 0 aromatic heterocycles. The molecule has 1 aliphatic heterocycles. The summed E-state index contributed by atoms with van der Waals surface area (Å²) in [6, 6.07) is 16.3. The highest BCUT2D eigenvalue weighted by Crippen LogP contribution is 2.46. The van der Waals surface area contributed by atoms with Gasteiger partial charge in [0.15, 0.2) is 5.78 Å². The van der Waals surface area contributed by atoms with Crippen molar-refractivity contribution in [2.75, 3.05) is 0 Å². The monoisotopic (exact) mass is 459 g/mol. The van der Waals surface area contributed by atoms with E-state index in [9.17, 15) is 14.0 Å². The number of benzene rings is 2. The van der Waals surface area contributed by atoms with Crippen molar-refractivity contribution < 1.29 is 18.7 Å². The van der Waals surface area contributed by atoms with E-state index in [1.54, 1.807) is 12.1 Å². The maximum atomic E-state index is 14.3. The number of hydrogen-bond donors (Lipinski definition) is 1. The van der Waals surface area contributed by atoms with Crippen LogP contribution in [0.15, 0.2) is 77.1 Å². The molecule has 0 saturated heterocycles. The second-order valence-electron chi connectivity index (χ2n) is 9.65. The van der Waals surface area contributed by atoms with Gasteiger partial charge in [-0.2, -0.15) is 0 Å². The Bertz CT molecular complexity index is 1160. The summed E-state index contributed by atoms with van der Waals surface area (Å²) in [4.78, 5) is 27.0. The molecule has 176 valence electrons. The van der Waals surface area contributed by atoms with Crippen molar-refractivity contribution in [2.24, 2.45) is 0 Å². The van der Waals surface area contributed by atoms with Gasteiger partial charge in [-0.25, -0.2) is 9.18 Å². The molecule has 0 amide bonds. The summed E-state index contributed by atoms with van der Waals surface area (Å²) in [5.74, 6) is -1.37. The first-order valence-electron chi connectivity index (χ1n) is 12.3. The number of ketones is 1. The predicted octanol–water partition coefficient (Wildman–Crippen LogP) is 6.06. The number of carbonyl (C=O) groups excluding carboxylic acids is 2. The number of allylic oxidation sites excluding steroid dienone is 3. The number of esters is 1. The number of Topliss-reactive ketones (excluding diaryl/α,β-unsaturated/α-hetero) is 1. The molecule has 1 heterocycles. The van der Waals surface area contributed by atoms with Gasteiger partial charge in [-0.15, -0.1) is 0 Å². The molecule has 3 aliphatic rings. The van der Waals surface area contributed by atoms with Gasteiger partial charge in [-0.1, -0.05) is 48.9 Å². The van der Waals surface area contributed by atoms with Gasteiger partial charge in [0.1, 0.15) is 11.9 Å². The Balaban J connectivity index is 1.53. The molecule has 1 N–H and O–H groups in total. The van der Waals surface area contributed by atoms with Crippen molar-refractivity contribution in [3.8, 4) is 0 Å². The summed E-state index contributed by atoms with van der Waals surface area (Å²) >= 11 is 0. The van der Waals surface area contributed by atoms with Gasteiger partial charge >= 0.3 is 5.97 Å². The molecule has 1 fully saturated rings.